The lowest BCUT2D eigenvalue weighted by molar-refractivity contribution is -0.147. The van der Waals surface area contributed by atoms with Gasteiger partial charge in [0, 0.05) is 11.1 Å². The first kappa shape index (κ1) is 20.6. The Hall–Kier alpha value is -1.16. The Kier molecular flexibility index (Phi) is 5.86. The smallest absolute Gasteiger partial charge is 0.308 e. The number of ether oxygens (including phenoxy) is 1. The number of piperidine rings is 1. The number of nitrogens with zero attached hydrogens (tertiary/aromatic N) is 1. The lowest BCUT2D eigenvalue weighted by Gasteiger charge is -2.36. The van der Waals surface area contributed by atoms with Crippen LogP contribution in [-0.2, 0) is 29.2 Å². The fraction of sp³-hybridized carbons (Fsp3) is 0.588. The van der Waals surface area contributed by atoms with Crippen molar-refractivity contribution < 1.29 is 26.4 Å². The second-order valence-electron chi connectivity index (χ2n) is 7.02. The quantitative estimate of drug-likeness (QED) is 0.654. The van der Waals surface area contributed by atoms with Crippen LogP contribution < -0.4 is 0 Å². The fourth-order valence-electron chi connectivity index (χ4n) is 3.87. The lowest BCUT2D eigenvalue weighted by atomic mass is 9.95. The van der Waals surface area contributed by atoms with Gasteiger partial charge in [-0.2, -0.15) is 0 Å². The molecule has 0 N–H and O–H groups in total. The molecule has 0 amide bonds. The summed E-state index contributed by atoms with van der Waals surface area (Å²) in [6, 6.07) is 5.16. The van der Waals surface area contributed by atoms with Crippen LogP contribution in [0.1, 0.15) is 12.8 Å². The molecule has 10 heteroatoms. The van der Waals surface area contributed by atoms with E-state index in [1.165, 1.54) is 31.4 Å². The number of carbonyl (C=O) groups is 1. The summed E-state index contributed by atoms with van der Waals surface area (Å²) in [6.07, 6.45) is 1.05. The van der Waals surface area contributed by atoms with Crippen molar-refractivity contribution in [3.63, 3.8) is 0 Å². The molecular weight excluding hydrogens is 414 g/mol. The van der Waals surface area contributed by atoms with Crippen molar-refractivity contribution in [2.75, 3.05) is 31.7 Å². The minimum absolute atomic E-state index is 0.0726. The average Bonchev–Trinajstić information content (AvgIpc) is 2.98. The monoisotopic (exact) mass is 435 g/mol. The van der Waals surface area contributed by atoms with Crippen molar-refractivity contribution in [1.82, 2.24) is 4.90 Å². The van der Waals surface area contributed by atoms with Crippen LogP contribution in [-0.4, -0.2) is 70.7 Å². The van der Waals surface area contributed by atoms with Gasteiger partial charge in [0.2, 0.25) is 0 Å². The molecule has 0 aliphatic carbocycles. The predicted molar refractivity (Wildman–Crippen MR) is 101 cm³/mol. The summed E-state index contributed by atoms with van der Waals surface area (Å²) >= 11 is 5.83. The SMILES string of the molecule is COC(=O)C1CCN([C@@H]2CS(=O)(=O)C[C@H]2S(=O)(=O)c2ccc(Cl)cc2)CC1. The van der Waals surface area contributed by atoms with E-state index >= 15 is 0 Å². The lowest BCUT2D eigenvalue weighted by Crippen LogP contribution is -2.50. The van der Waals surface area contributed by atoms with E-state index < -0.39 is 31.0 Å². The minimum Gasteiger partial charge on any atom is -0.469 e. The average molecular weight is 436 g/mol. The summed E-state index contributed by atoms with van der Waals surface area (Å²) in [5.41, 5.74) is 0. The Bertz CT molecular complexity index is 905. The molecule has 2 heterocycles. The number of rotatable bonds is 4. The largest absolute Gasteiger partial charge is 0.469 e. The van der Waals surface area contributed by atoms with Crippen molar-refractivity contribution >= 4 is 37.2 Å². The van der Waals surface area contributed by atoms with Gasteiger partial charge in [0.25, 0.3) is 0 Å². The van der Waals surface area contributed by atoms with Gasteiger partial charge in [0.05, 0.1) is 34.7 Å². The second kappa shape index (κ2) is 7.69. The molecule has 0 unspecified atom stereocenters. The molecule has 2 fully saturated rings. The molecule has 150 valence electrons. The molecule has 2 saturated heterocycles. The van der Waals surface area contributed by atoms with Crippen LogP contribution in [0.15, 0.2) is 29.2 Å². The van der Waals surface area contributed by atoms with Gasteiger partial charge in [-0.1, -0.05) is 11.6 Å². The Morgan fingerprint density at radius 1 is 1.15 bits per heavy atom. The van der Waals surface area contributed by atoms with Crippen LogP contribution in [0, 0.1) is 5.92 Å². The van der Waals surface area contributed by atoms with E-state index in [2.05, 4.69) is 0 Å². The van der Waals surface area contributed by atoms with Crippen LogP contribution in [0.3, 0.4) is 0 Å². The first-order valence-electron chi connectivity index (χ1n) is 8.66. The van der Waals surface area contributed by atoms with E-state index in [1.807, 2.05) is 4.90 Å². The summed E-state index contributed by atoms with van der Waals surface area (Å²) < 4.78 is 55.5. The van der Waals surface area contributed by atoms with Gasteiger partial charge in [-0.15, -0.1) is 0 Å². The van der Waals surface area contributed by atoms with Crippen molar-refractivity contribution in [2.45, 2.75) is 29.0 Å². The number of esters is 1. The summed E-state index contributed by atoms with van der Waals surface area (Å²) in [7, 11) is -5.96. The third-order valence-corrected chi connectivity index (χ3v) is 9.73. The van der Waals surface area contributed by atoms with Crippen molar-refractivity contribution in [1.29, 1.82) is 0 Å². The summed E-state index contributed by atoms with van der Waals surface area (Å²) in [5, 5.41) is -0.618. The zero-order chi connectivity index (χ0) is 19.8. The van der Waals surface area contributed by atoms with Gasteiger partial charge in [0.15, 0.2) is 19.7 Å². The van der Waals surface area contributed by atoms with Crippen LogP contribution >= 0.6 is 11.6 Å². The van der Waals surface area contributed by atoms with E-state index in [-0.39, 0.29) is 28.3 Å². The van der Waals surface area contributed by atoms with Crippen molar-refractivity contribution in [3.8, 4) is 0 Å². The van der Waals surface area contributed by atoms with Crippen LogP contribution in [0.5, 0.6) is 0 Å². The van der Waals surface area contributed by atoms with Crippen LogP contribution in [0.4, 0.5) is 0 Å². The van der Waals surface area contributed by atoms with Gasteiger partial charge < -0.3 is 4.74 Å². The van der Waals surface area contributed by atoms with Gasteiger partial charge in [-0.3, -0.25) is 9.69 Å². The number of halogens is 1. The Morgan fingerprint density at radius 3 is 2.30 bits per heavy atom. The highest BCUT2D eigenvalue weighted by Crippen LogP contribution is 2.32. The minimum atomic E-state index is -3.83. The Labute approximate surface area is 164 Å². The number of methoxy groups -OCH3 is 1. The van der Waals surface area contributed by atoms with Gasteiger partial charge >= 0.3 is 5.97 Å². The zero-order valence-corrected chi connectivity index (χ0v) is 17.3. The van der Waals surface area contributed by atoms with E-state index in [0.29, 0.717) is 31.0 Å². The Balaban J connectivity index is 1.84. The van der Waals surface area contributed by atoms with E-state index in [0.717, 1.165) is 0 Å². The first-order valence-corrected chi connectivity index (χ1v) is 12.4. The molecule has 0 saturated carbocycles. The number of hydrogen-bond donors (Lipinski definition) is 0. The summed E-state index contributed by atoms with van der Waals surface area (Å²) in [5.74, 6) is -1.08. The molecule has 27 heavy (non-hydrogen) atoms. The third-order valence-electron chi connectivity index (χ3n) is 5.35. The molecule has 0 aromatic heterocycles. The van der Waals surface area contributed by atoms with E-state index in [1.54, 1.807) is 0 Å². The van der Waals surface area contributed by atoms with Gasteiger partial charge in [-0.25, -0.2) is 16.8 Å². The highest BCUT2D eigenvalue weighted by atomic mass is 35.5. The summed E-state index contributed by atoms with van der Waals surface area (Å²) in [4.78, 5) is 13.7. The molecule has 2 aliphatic heterocycles. The molecule has 1 aromatic rings. The number of hydrogen-bond acceptors (Lipinski definition) is 7. The maximum absolute atomic E-state index is 13.1. The van der Waals surface area contributed by atoms with Crippen LogP contribution in [0.2, 0.25) is 5.02 Å². The van der Waals surface area contributed by atoms with Gasteiger partial charge in [-0.05, 0) is 50.2 Å². The molecule has 3 rings (SSSR count). The molecule has 2 atom stereocenters. The maximum Gasteiger partial charge on any atom is 0.308 e. The molecule has 0 spiro atoms. The fourth-order valence-corrected chi connectivity index (χ4v) is 8.82. The highest BCUT2D eigenvalue weighted by Gasteiger charge is 2.48. The topological polar surface area (TPSA) is 97.8 Å². The Morgan fingerprint density at radius 2 is 1.74 bits per heavy atom. The highest BCUT2D eigenvalue weighted by molar-refractivity contribution is 7.96. The molecule has 0 radical (unpaired) electrons. The van der Waals surface area contributed by atoms with Gasteiger partial charge in [0.1, 0.15) is 0 Å². The number of carbonyl (C=O) groups excluding carboxylic acids is 1. The molecule has 0 bridgehead atoms. The number of likely N-dealkylation sites (tertiary alicyclic amines) is 1. The number of sulfone groups is 2. The van der Waals surface area contributed by atoms with E-state index in [4.69, 9.17) is 16.3 Å². The number of benzene rings is 1. The third kappa shape index (κ3) is 4.31. The van der Waals surface area contributed by atoms with Crippen molar-refractivity contribution in [3.05, 3.63) is 29.3 Å². The predicted octanol–water partition coefficient (Wildman–Crippen LogP) is 1.16. The zero-order valence-electron chi connectivity index (χ0n) is 14.9. The standard InChI is InChI=1S/C17H22ClNO6S2/c1-25-17(20)12-6-8-19(9-7-12)15-10-26(21,22)11-16(15)27(23,24)14-4-2-13(18)3-5-14/h2-5,12,15-16H,6-11H2,1H3/t15-,16-/m1/s1. The van der Waals surface area contributed by atoms with Crippen LogP contribution in [0.25, 0.3) is 0 Å². The van der Waals surface area contributed by atoms with Crippen molar-refractivity contribution in [2.24, 2.45) is 5.92 Å². The summed E-state index contributed by atoms with van der Waals surface area (Å²) in [6.45, 7) is 0.930. The van der Waals surface area contributed by atoms with E-state index in [9.17, 15) is 21.6 Å². The molecule has 2 aliphatic rings. The normalized spacial score (nSPS) is 26.7. The molecular formula is C17H22ClNO6S2. The molecule has 1 aromatic carbocycles. The first-order chi connectivity index (χ1) is 12.6. The maximum atomic E-state index is 13.1. The molecule has 7 nitrogen and oxygen atoms in total. The second-order valence-corrected chi connectivity index (χ2v) is 11.8.